The van der Waals surface area contributed by atoms with Crippen LogP contribution in [0.25, 0.3) is 0 Å². The number of ether oxygens (including phenoxy) is 2. The smallest absolute Gasteiger partial charge is 0.323 e. The van der Waals surface area contributed by atoms with Gasteiger partial charge in [-0.05, 0) is 66.9 Å². The Balaban J connectivity index is 0.871. The van der Waals surface area contributed by atoms with Gasteiger partial charge in [-0.25, -0.2) is 14.8 Å². The van der Waals surface area contributed by atoms with E-state index in [2.05, 4.69) is 48.4 Å². The molecule has 56 heavy (non-hydrogen) atoms. The molecule has 0 bridgehead atoms. The molecule has 1 saturated heterocycles. The van der Waals surface area contributed by atoms with Gasteiger partial charge in [-0.1, -0.05) is 29.7 Å². The Morgan fingerprint density at radius 2 is 1.57 bits per heavy atom. The van der Waals surface area contributed by atoms with Crippen LogP contribution in [-0.4, -0.2) is 96.0 Å². The van der Waals surface area contributed by atoms with Crippen molar-refractivity contribution >= 4 is 64.2 Å². The number of fused-ring (bicyclic) bond motifs is 1. The lowest BCUT2D eigenvalue weighted by Crippen LogP contribution is -2.54. The van der Waals surface area contributed by atoms with Gasteiger partial charge < -0.3 is 30.7 Å². The van der Waals surface area contributed by atoms with Crippen LogP contribution in [0, 0.1) is 11.8 Å². The fourth-order valence-corrected chi connectivity index (χ4v) is 5.98. The van der Waals surface area contributed by atoms with Crippen LogP contribution < -0.4 is 26.6 Å². The Morgan fingerprint density at radius 1 is 0.839 bits per heavy atom. The van der Waals surface area contributed by atoms with Gasteiger partial charge in [0.15, 0.2) is 0 Å². The second kappa shape index (κ2) is 18.6. The number of hydrogen-bond acceptors (Lipinski definition) is 11. The van der Waals surface area contributed by atoms with Gasteiger partial charge in [0.25, 0.3) is 17.7 Å². The third kappa shape index (κ3) is 10.1. The molecule has 1 unspecified atom stereocenters. The van der Waals surface area contributed by atoms with Gasteiger partial charge in [-0.15, -0.1) is 0 Å². The molecule has 17 heteroatoms. The number of hydrogen-bond donors (Lipinski definition) is 5. The number of halogens is 1. The van der Waals surface area contributed by atoms with Crippen molar-refractivity contribution in [3.63, 3.8) is 0 Å². The Bertz CT molecular complexity index is 2240. The molecular formula is C39H35ClN8O8. The van der Waals surface area contributed by atoms with Crippen LogP contribution in [0.4, 0.5) is 21.9 Å². The number of benzene rings is 2. The second-order valence-electron chi connectivity index (χ2n) is 12.3. The maximum atomic E-state index is 13.2. The normalized spacial score (nSPS) is 14.7. The average molecular weight is 779 g/mol. The van der Waals surface area contributed by atoms with E-state index in [0.29, 0.717) is 40.4 Å². The molecule has 286 valence electrons. The van der Waals surface area contributed by atoms with Crippen LogP contribution in [-0.2, 0) is 19.1 Å². The fourth-order valence-electron chi connectivity index (χ4n) is 5.81. The average Bonchev–Trinajstić information content (AvgIpc) is 3.44. The summed E-state index contributed by atoms with van der Waals surface area (Å²) in [6.45, 7) is 1.70. The number of pyridine rings is 2. The maximum Gasteiger partial charge on any atom is 0.323 e. The lowest BCUT2D eigenvalue weighted by atomic mass is 10.0. The zero-order chi connectivity index (χ0) is 39.4. The summed E-state index contributed by atoms with van der Waals surface area (Å²) in [6, 6.07) is 16.5. The van der Waals surface area contributed by atoms with Crippen LogP contribution in [0.15, 0.2) is 79.1 Å². The zero-order valence-electron chi connectivity index (χ0n) is 29.7. The first kappa shape index (κ1) is 39.0. The quantitative estimate of drug-likeness (QED) is 0.0542. The summed E-state index contributed by atoms with van der Waals surface area (Å²) in [5.41, 5.74) is 3.20. The molecule has 0 radical (unpaired) electrons. The highest BCUT2D eigenvalue weighted by Crippen LogP contribution is 2.32. The van der Waals surface area contributed by atoms with Crippen molar-refractivity contribution in [2.45, 2.75) is 18.9 Å². The molecule has 4 aromatic rings. The van der Waals surface area contributed by atoms with Crippen LogP contribution in [0.3, 0.4) is 0 Å². The van der Waals surface area contributed by atoms with Crippen LogP contribution in [0.1, 0.15) is 55.2 Å². The molecule has 6 rings (SSSR count). The minimum absolute atomic E-state index is 0.0444. The first-order valence-electron chi connectivity index (χ1n) is 17.5. The zero-order valence-corrected chi connectivity index (χ0v) is 30.5. The number of carbonyl (C=O) groups is 6. The van der Waals surface area contributed by atoms with Gasteiger partial charge in [0.05, 0.1) is 37.6 Å². The van der Waals surface area contributed by atoms with Crippen molar-refractivity contribution in [2.24, 2.45) is 0 Å². The first-order chi connectivity index (χ1) is 27.2. The van der Waals surface area contributed by atoms with Crippen molar-refractivity contribution in [1.82, 2.24) is 25.5 Å². The van der Waals surface area contributed by atoms with E-state index < -0.39 is 35.7 Å². The minimum atomic E-state index is -1.04. The number of amides is 7. The third-order valence-electron chi connectivity index (χ3n) is 8.40. The summed E-state index contributed by atoms with van der Waals surface area (Å²) in [5, 5.41) is 13.7. The van der Waals surface area contributed by atoms with E-state index in [0.717, 1.165) is 4.90 Å². The summed E-state index contributed by atoms with van der Waals surface area (Å²) in [7, 11) is 0. The molecule has 2 aromatic heterocycles. The number of nitrogens with one attached hydrogen (secondary N) is 5. The third-order valence-corrected chi connectivity index (χ3v) is 8.60. The fraction of sp³-hybridized carbons (Fsp3) is 0.231. The number of aromatic nitrogens is 2. The summed E-state index contributed by atoms with van der Waals surface area (Å²) in [4.78, 5) is 84.2. The molecule has 0 aliphatic carbocycles. The molecule has 2 aromatic carbocycles. The highest BCUT2D eigenvalue weighted by atomic mass is 35.5. The lowest BCUT2D eigenvalue weighted by molar-refractivity contribution is -0.136. The monoisotopic (exact) mass is 778 g/mol. The Morgan fingerprint density at radius 3 is 2.34 bits per heavy atom. The predicted octanol–water partition coefficient (Wildman–Crippen LogP) is 3.45. The van der Waals surface area contributed by atoms with Crippen molar-refractivity contribution < 1.29 is 38.2 Å². The molecule has 0 saturated carbocycles. The van der Waals surface area contributed by atoms with Gasteiger partial charge in [-0.2, -0.15) is 0 Å². The molecule has 5 N–H and O–H groups in total. The van der Waals surface area contributed by atoms with Crippen molar-refractivity contribution in [2.75, 3.05) is 55.5 Å². The summed E-state index contributed by atoms with van der Waals surface area (Å²) >= 11 is 5.86. The number of nitrogens with zero attached hydrogens (tertiary/aromatic N) is 3. The Labute approximate surface area is 325 Å². The number of anilines is 3. The van der Waals surface area contributed by atoms with E-state index in [9.17, 15) is 28.8 Å². The molecule has 1 fully saturated rings. The van der Waals surface area contributed by atoms with Crippen molar-refractivity contribution in [3.05, 3.63) is 112 Å². The second-order valence-corrected chi connectivity index (χ2v) is 12.7. The summed E-state index contributed by atoms with van der Waals surface area (Å²) in [5.74, 6) is 3.38. The number of imide groups is 2. The highest BCUT2D eigenvalue weighted by Gasteiger charge is 2.45. The standard InChI is InChI=1S/C39H35ClN8O8/c40-32-23-28(12-14-43-32)46-39(54)45-27-11-13-41-26(22-27)8-7-24-3-1-4-25(21-24)35(50)44-16-18-56-20-19-55-17-15-42-30-6-2-5-29-34(30)38(53)48(37(29)52)31-9-10-33(49)47-36(31)51/h1-6,11-14,21-23,31,42H,9-10,15-20H2,(H,44,50)(H,47,49,51)(H2,41,43,45,46,54). The molecule has 2 aliphatic rings. The molecule has 16 nitrogen and oxygen atoms in total. The van der Waals surface area contributed by atoms with E-state index in [1.54, 1.807) is 54.6 Å². The number of carbonyl (C=O) groups excluding carboxylic acids is 6. The van der Waals surface area contributed by atoms with Gasteiger partial charge in [-0.3, -0.25) is 34.2 Å². The SMILES string of the molecule is O=C1CCC(N2C(=O)c3cccc(NCCOCCOCCNC(=O)c4cccc(C#Cc5cc(NC(=O)Nc6ccnc(Cl)c6)ccn5)c4)c3C2=O)C(=O)N1. The first-order valence-corrected chi connectivity index (χ1v) is 17.8. The molecule has 7 amide bonds. The van der Waals surface area contributed by atoms with Crippen LogP contribution in [0.5, 0.6) is 0 Å². The highest BCUT2D eigenvalue weighted by molar-refractivity contribution is 6.29. The van der Waals surface area contributed by atoms with E-state index >= 15 is 0 Å². The van der Waals surface area contributed by atoms with E-state index in [4.69, 9.17) is 21.1 Å². The molecule has 0 spiro atoms. The molecular weight excluding hydrogens is 744 g/mol. The van der Waals surface area contributed by atoms with Crippen molar-refractivity contribution in [1.29, 1.82) is 0 Å². The van der Waals surface area contributed by atoms with Gasteiger partial charge in [0.1, 0.15) is 16.9 Å². The maximum absolute atomic E-state index is 13.2. The summed E-state index contributed by atoms with van der Waals surface area (Å²) in [6.07, 6.45) is 3.12. The largest absolute Gasteiger partial charge is 0.382 e. The van der Waals surface area contributed by atoms with E-state index in [1.165, 1.54) is 24.5 Å². The van der Waals surface area contributed by atoms with Crippen molar-refractivity contribution in [3.8, 4) is 11.8 Å². The van der Waals surface area contributed by atoms with Crippen LogP contribution in [0.2, 0.25) is 5.15 Å². The predicted molar refractivity (Wildman–Crippen MR) is 204 cm³/mol. The Kier molecular flexibility index (Phi) is 13.0. The summed E-state index contributed by atoms with van der Waals surface area (Å²) < 4.78 is 11.2. The lowest BCUT2D eigenvalue weighted by Gasteiger charge is -2.27. The molecule has 4 heterocycles. The topological polar surface area (TPSA) is 210 Å². The number of urea groups is 1. The van der Waals surface area contributed by atoms with Crippen LogP contribution >= 0.6 is 11.6 Å². The minimum Gasteiger partial charge on any atom is -0.382 e. The number of rotatable bonds is 14. The van der Waals surface area contributed by atoms with E-state index in [1.807, 2.05) is 0 Å². The molecule has 2 aliphatic heterocycles. The van der Waals surface area contributed by atoms with E-state index in [-0.39, 0.29) is 68.0 Å². The number of piperidine rings is 1. The van der Waals surface area contributed by atoms with Gasteiger partial charge >= 0.3 is 6.03 Å². The van der Waals surface area contributed by atoms with Gasteiger partial charge in [0.2, 0.25) is 11.8 Å². The Hall–Kier alpha value is -6.67. The van der Waals surface area contributed by atoms with Gasteiger partial charge in [0, 0.05) is 60.1 Å². The molecule has 1 atom stereocenters.